The molecule has 0 aliphatic heterocycles. The van der Waals surface area contributed by atoms with E-state index in [-0.39, 0.29) is 6.04 Å². The highest BCUT2D eigenvalue weighted by Gasteiger charge is 2.32. The van der Waals surface area contributed by atoms with Crippen LogP contribution in [0, 0.1) is 0 Å². The summed E-state index contributed by atoms with van der Waals surface area (Å²) in [6.45, 7) is 9.44. The summed E-state index contributed by atoms with van der Waals surface area (Å²) in [6, 6.07) is -0.288. The minimum atomic E-state index is -0.454. The van der Waals surface area contributed by atoms with Crippen molar-refractivity contribution in [3.63, 3.8) is 0 Å². The Morgan fingerprint density at radius 1 is 1.53 bits per heavy atom. The van der Waals surface area contributed by atoms with Crippen molar-refractivity contribution in [1.82, 2.24) is 9.78 Å². The highest BCUT2D eigenvalue weighted by molar-refractivity contribution is 6.31. The Labute approximate surface area is 108 Å². The Morgan fingerprint density at radius 3 is 2.71 bits per heavy atom. The van der Waals surface area contributed by atoms with E-state index in [4.69, 9.17) is 22.1 Å². The van der Waals surface area contributed by atoms with Crippen molar-refractivity contribution in [2.24, 2.45) is 5.73 Å². The molecular formula is C12H22ClN3O. The molecule has 4 nitrogen and oxygen atoms in total. The van der Waals surface area contributed by atoms with Crippen LogP contribution in [0.5, 0.6) is 0 Å². The van der Waals surface area contributed by atoms with Crippen LogP contribution in [0.3, 0.4) is 0 Å². The number of aryl methyl sites for hydroxylation is 1. The molecule has 0 radical (unpaired) electrons. The second-order valence-corrected chi connectivity index (χ2v) is 5.02. The largest absolute Gasteiger partial charge is 0.374 e. The molecule has 2 N–H and O–H groups in total. The SMILES string of the molecule is CCCn1ncc(Cl)c1C(N)C(C)(C)OCC. The van der Waals surface area contributed by atoms with Crippen molar-refractivity contribution in [1.29, 1.82) is 0 Å². The molecule has 1 unspecified atom stereocenters. The first-order valence-electron chi connectivity index (χ1n) is 6.04. The number of hydrogen-bond donors (Lipinski definition) is 1. The van der Waals surface area contributed by atoms with Crippen molar-refractivity contribution >= 4 is 11.6 Å². The van der Waals surface area contributed by atoms with E-state index < -0.39 is 5.60 Å². The van der Waals surface area contributed by atoms with Gasteiger partial charge in [0.25, 0.3) is 0 Å². The van der Waals surface area contributed by atoms with Gasteiger partial charge in [-0.1, -0.05) is 18.5 Å². The predicted molar refractivity (Wildman–Crippen MR) is 70.2 cm³/mol. The number of aromatic nitrogens is 2. The Morgan fingerprint density at radius 2 is 2.18 bits per heavy atom. The summed E-state index contributed by atoms with van der Waals surface area (Å²) in [4.78, 5) is 0. The number of nitrogens with zero attached hydrogens (tertiary/aromatic N) is 2. The van der Waals surface area contributed by atoms with E-state index in [1.807, 2.05) is 25.5 Å². The van der Waals surface area contributed by atoms with E-state index in [2.05, 4.69) is 12.0 Å². The van der Waals surface area contributed by atoms with Crippen LogP contribution in [-0.4, -0.2) is 22.0 Å². The van der Waals surface area contributed by atoms with E-state index >= 15 is 0 Å². The third kappa shape index (κ3) is 3.21. The summed E-state index contributed by atoms with van der Waals surface area (Å²) in [6.07, 6.45) is 2.64. The second kappa shape index (κ2) is 5.85. The van der Waals surface area contributed by atoms with Gasteiger partial charge in [0.15, 0.2) is 0 Å². The van der Waals surface area contributed by atoms with Gasteiger partial charge in [-0.05, 0) is 27.2 Å². The number of nitrogens with two attached hydrogens (primary N) is 1. The predicted octanol–water partition coefficient (Wildman–Crippen LogP) is 2.76. The smallest absolute Gasteiger partial charge is 0.0835 e. The summed E-state index contributed by atoms with van der Waals surface area (Å²) in [5.74, 6) is 0. The number of rotatable bonds is 6. The fraction of sp³-hybridized carbons (Fsp3) is 0.750. The molecule has 0 aliphatic rings. The Kier molecular flexibility index (Phi) is 4.98. The van der Waals surface area contributed by atoms with Gasteiger partial charge in [0, 0.05) is 13.2 Å². The standard InChI is InChI=1S/C12H22ClN3O/c1-5-7-16-10(9(13)8-15-16)11(14)12(3,4)17-6-2/h8,11H,5-7,14H2,1-4H3. The topological polar surface area (TPSA) is 53.1 Å². The van der Waals surface area contributed by atoms with Gasteiger partial charge in [-0.25, -0.2) is 0 Å². The average molecular weight is 260 g/mol. The molecule has 0 aliphatic carbocycles. The molecule has 98 valence electrons. The zero-order valence-corrected chi connectivity index (χ0v) is 11.8. The molecule has 0 fully saturated rings. The third-order valence-electron chi connectivity index (χ3n) is 2.83. The molecule has 1 heterocycles. The van der Waals surface area contributed by atoms with Gasteiger partial charge < -0.3 is 10.5 Å². The zero-order chi connectivity index (χ0) is 13.1. The lowest BCUT2D eigenvalue weighted by atomic mass is 9.96. The molecule has 0 amide bonds. The Hall–Kier alpha value is -0.580. The highest BCUT2D eigenvalue weighted by Crippen LogP contribution is 2.31. The number of hydrogen-bond acceptors (Lipinski definition) is 3. The fourth-order valence-electron chi connectivity index (χ4n) is 1.86. The minimum absolute atomic E-state index is 0.288. The number of halogens is 1. The van der Waals surface area contributed by atoms with E-state index in [0.717, 1.165) is 18.7 Å². The van der Waals surface area contributed by atoms with Crippen LogP contribution < -0.4 is 5.73 Å². The van der Waals surface area contributed by atoms with Crippen molar-refractivity contribution in [3.05, 3.63) is 16.9 Å². The van der Waals surface area contributed by atoms with Crippen LogP contribution in [0.15, 0.2) is 6.20 Å². The lowest BCUT2D eigenvalue weighted by Gasteiger charge is -2.32. The summed E-state index contributed by atoms with van der Waals surface area (Å²) in [7, 11) is 0. The molecule has 17 heavy (non-hydrogen) atoms. The van der Waals surface area contributed by atoms with E-state index in [1.54, 1.807) is 6.20 Å². The molecule has 1 rings (SSSR count). The first kappa shape index (κ1) is 14.5. The highest BCUT2D eigenvalue weighted by atomic mass is 35.5. The molecule has 0 saturated heterocycles. The fourth-order valence-corrected chi connectivity index (χ4v) is 2.12. The molecule has 5 heteroatoms. The van der Waals surface area contributed by atoms with E-state index in [0.29, 0.717) is 11.6 Å². The molecule has 1 aromatic heterocycles. The summed E-state index contributed by atoms with van der Waals surface area (Å²) < 4.78 is 7.55. The normalized spacial score (nSPS) is 14.0. The van der Waals surface area contributed by atoms with Crippen LogP contribution in [-0.2, 0) is 11.3 Å². The van der Waals surface area contributed by atoms with Crippen LogP contribution in [0.4, 0.5) is 0 Å². The maximum atomic E-state index is 6.26. The van der Waals surface area contributed by atoms with Gasteiger partial charge in [-0.2, -0.15) is 5.10 Å². The van der Waals surface area contributed by atoms with E-state index in [9.17, 15) is 0 Å². The molecule has 0 saturated carbocycles. The molecule has 1 aromatic rings. The van der Waals surface area contributed by atoms with Crippen molar-refractivity contribution < 1.29 is 4.74 Å². The molecule has 0 spiro atoms. The Balaban J connectivity index is 3.01. The third-order valence-corrected chi connectivity index (χ3v) is 3.12. The van der Waals surface area contributed by atoms with Crippen LogP contribution in [0.2, 0.25) is 5.02 Å². The monoisotopic (exact) mass is 259 g/mol. The van der Waals surface area contributed by atoms with E-state index in [1.165, 1.54) is 0 Å². The summed E-state index contributed by atoms with van der Waals surface area (Å²) >= 11 is 6.16. The van der Waals surface area contributed by atoms with Gasteiger partial charge in [-0.3, -0.25) is 4.68 Å². The summed E-state index contributed by atoms with van der Waals surface area (Å²) in [5, 5.41) is 4.86. The maximum absolute atomic E-state index is 6.26. The lowest BCUT2D eigenvalue weighted by molar-refractivity contribution is -0.0316. The van der Waals surface area contributed by atoms with Crippen molar-refractivity contribution in [3.8, 4) is 0 Å². The average Bonchev–Trinajstić information content (AvgIpc) is 2.59. The van der Waals surface area contributed by atoms with Gasteiger partial charge in [0.2, 0.25) is 0 Å². The molecule has 0 bridgehead atoms. The first-order chi connectivity index (χ1) is 7.94. The van der Waals surface area contributed by atoms with Crippen molar-refractivity contribution in [2.75, 3.05) is 6.61 Å². The summed E-state index contributed by atoms with van der Waals surface area (Å²) in [5.41, 5.74) is 6.66. The maximum Gasteiger partial charge on any atom is 0.0835 e. The van der Waals surface area contributed by atoms with Crippen LogP contribution in [0.1, 0.15) is 45.9 Å². The quantitative estimate of drug-likeness (QED) is 0.855. The minimum Gasteiger partial charge on any atom is -0.374 e. The molecule has 1 atom stereocenters. The van der Waals surface area contributed by atoms with Gasteiger partial charge in [0.1, 0.15) is 0 Å². The van der Waals surface area contributed by atoms with Gasteiger partial charge >= 0.3 is 0 Å². The Bertz CT molecular complexity index is 363. The molecular weight excluding hydrogens is 238 g/mol. The van der Waals surface area contributed by atoms with Crippen LogP contribution >= 0.6 is 11.6 Å². The molecule has 0 aromatic carbocycles. The van der Waals surface area contributed by atoms with Gasteiger partial charge in [-0.15, -0.1) is 0 Å². The van der Waals surface area contributed by atoms with Gasteiger partial charge in [0.05, 0.1) is 28.6 Å². The van der Waals surface area contributed by atoms with Crippen LogP contribution in [0.25, 0.3) is 0 Å². The lowest BCUT2D eigenvalue weighted by Crippen LogP contribution is -2.39. The number of ether oxygens (including phenoxy) is 1. The first-order valence-corrected chi connectivity index (χ1v) is 6.42. The zero-order valence-electron chi connectivity index (χ0n) is 11.0. The van der Waals surface area contributed by atoms with Crippen molar-refractivity contribution in [2.45, 2.75) is 52.3 Å². The second-order valence-electron chi connectivity index (χ2n) is 4.62.